The van der Waals surface area contributed by atoms with Crippen molar-refractivity contribution in [2.75, 3.05) is 26.2 Å². The lowest BCUT2D eigenvalue weighted by Crippen LogP contribution is -2.52. The van der Waals surface area contributed by atoms with E-state index in [2.05, 4.69) is 0 Å². The van der Waals surface area contributed by atoms with Gasteiger partial charge in [-0.15, -0.1) is 0 Å². The lowest BCUT2D eigenvalue weighted by molar-refractivity contribution is -0.145. The van der Waals surface area contributed by atoms with E-state index in [1.54, 1.807) is 4.90 Å². The van der Waals surface area contributed by atoms with Gasteiger partial charge in [0, 0.05) is 19.6 Å². The largest absolute Gasteiger partial charge is 0.484 e. The lowest BCUT2D eigenvalue weighted by atomic mass is 10.2. The third-order valence-corrected chi connectivity index (χ3v) is 3.05. The van der Waals surface area contributed by atoms with Crippen molar-refractivity contribution in [3.05, 3.63) is 30.3 Å². The van der Waals surface area contributed by atoms with Crippen LogP contribution in [0, 0.1) is 0 Å². The minimum Gasteiger partial charge on any atom is -0.484 e. The summed E-state index contributed by atoms with van der Waals surface area (Å²) in [7, 11) is 0. The van der Waals surface area contributed by atoms with Crippen molar-refractivity contribution in [2.45, 2.75) is 19.1 Å². The number of benzene rings is 1. The number of amides is 1. The fourth-order valence-electron chi connectivity index (χ4n) is 2.13. The summed E-state index contributed by atoms with van der Waals surface area (Å²) in [5, 5.41) is 0. The molecule has 2 unspecified atom stereocenters. The van der Waals surface area contributed by atoms with Crippen LogP contribution in [0.5, 0.6) is 5.75 Å². The summed E-state index contributed by atoms with van der Waals surface area (Å²) in [5.41, 5.74) is 5.60. The van der Waals surface area contributed by atoms with E-state index >= 15 is 0 Å². The highest BCUT2D eigenvalue weighted by atomic mass is 16.5. The molecular formula is C14H20N2O3. The van der Waals surface area contributed by atoms with E-state index in [4.69, 9.17) is 15.2 Å². The molecule has 1 aliphatic heterocycles. The van der Waals surface area contributed by atoms with Crippen molar-refractivity contribution >= 4 is 5.91 Å². The normalized spacial score (nSPS) is 23.2. The number of nitrogens with two attached hydrogens (primary N) is 1. The molecule has 2 N–H and O–H groups in total. The summed E-state index contributed by atoms with van der Waals surface area (Å²) in [6.07, 6.45) is -0.0626. The molecule has 0 spiro atoms. The molecule has 1 saturated heterocycles. The minimum absolute atomic E-state index is 0.0166. The van der Waals surface area contributed by atoms with E-state index in [0.29, 0.717) is 25.4 Å². The van der Waals surface area contributed by atoms with Gasteiger partial charge in [0.1, 0.15) is 5.75 Å². The molecule has 1 aromatic carbocycles. The van der Waals surface area contributed by atoms with Gasteiger partial charge in [0.25, 0.3) is 5.91 Å². The van der Waals surface area contributed by atoms with Crippen LogP contribution in [-0.4, -0.2) is 49.3 Å². The zero-order valence-corrected chi connectivity index (χ0v) is 11.1. The molecule has 104 valence electrons. The topological polar surface area (TPSA) is 64.8 Å². The average Bonchev–Trinajstić information content (AvgIpc) is 2.45. The van der Waals surface area contributed by atoms with Gasteiger partial charge in [-0.05, 0) is 19.1 Å². The molecule has 0 saturated carbocycles. The summed E-state index contributed by atoms with van der Waals surface area (Å²) >= 11 is 0. The number of morpholine rings is 1. The van der Waals surface area contributed by atoms with Gasteiger partial charge in [0.05, 0.1) is 12.2 Å². The van der Waals surface area contributed by atoms with Gasteiger partial charge >= 0.3 is 0 Å². The molecule has 1 aromatic rings. The zero-order chi connectivity index (χ0) is 13.7. The first-order valence-electron chi connectivity index (χ1n) is 6.50. The van der Waals surface area contributed by atoms with Crippen molar-refractivity contribution in [3.8, 4) is 5.75 Å². The van der Waals surface area contributed by atoms with Gasteiger partial charge < -0.3 is 20.1 Å². The van der Waals surface area contributed by atoms with Crippen LogP contribution < -0.4 is 10.5 Å². The second kappa shape index (κ2) is 6.54. The smallest absolute Gasteiger partial charge is 0.260 e. The van der Waals surface area contributed by atoms with Gasteiger partial charge in [-0.25, -0.2) is 0 Å². The van der Waals surface area contributed by atoms with Crippen LogP contribution in [0.4, 0.5) is 0 Å². The van der Waals surface area contributed by atoms with E-state index in [0.717, 1.165) is 0 Å². The highest BCUT2D eigenvalue weighted by molar-refractivity contribution is 5.78. The number of para-hydroxylation sites is 1. The average molecular weight is 264 g/mol. The first-order valence-corrected chi connectivity index (χ1v) is 6.50. The SMILES string of the molecule is CC1CN(C(=O)COc2ccccc2)CC(CN)O1. The Kier molecular flexibility index (Phi) is 4.76. The molecule has 0 aromatic heterocycles. The van der Waals surface area contributed by atoms with Gasteiger partial charge in [-0.2, -0.15) is 0 Å². The molecule has 1 heterocycles. The number of hydrogen-bond acceptors (Lipinski definition) is 4. The minimum atomic E-state index is -0.0792. The number of carbonyl (C=O) groups excluding carboxylic acids is 1. The van der Waals surface area contributed by atoms with Crippen LogP contribution in [0.3, 0.4) is 0 Å². The number of hydrogen-bond donors (Lipinski definition) is 1. The van der Waals surface area contributed by atoms with Crippen molar-refractivity contribution in [3.63, 3.8) is 0 Å². The van der Waals surface area contributed by atoms with E-state index in [9.17, 15) is 4.79 Å². The van der Waals surface area contributed by atoms with Gasteiger partial charge in [-0.1, -0.05) is 18.2 Å². The second-order valence-corrected chi connectivity index (χ2v) is 4.70. The van der Waals surface area contributed by atoms with Crippen molar-refractivity contribution in [1.29, 1.82) is 0 Å². The van der Waals surface area contributed by atoms with Crippen molar-refractivity contribution < 1.29 is 14.3 Å². The van der Waals surface area contributed by atoms with E-state index in [-0.39, 0.29) is 24.7 Å². The molecule has 0 radical (unpaired) electrons. The van der Waals surface area contributed by atoms with Crippen LogP contribution >= 0.6 is 0 Å². The van der Waals surface area contributed by atoms with Gasteiger partial charge in [0.2, 0.25) is 0 Å². The fraction of sp³-hybridized carbons (Fsp3) is 0.500. The summed E-state index contributed by atoms with van der Waals surface area (Å²) < 4.78 is 11.1. The van der Waals surface area contributed by atoms with Crippen LogP contribution in [0.1, 0.15) is 6.92 Å². The summed E-state index contributed by atoms with van der Waals surface area (Å²) in [4.78, 5) is 13.8. The monoisotopic (exact) mass is 264 g/mol. The number of nitrogens with zero attached hydrogens (tertiary/aromatic N) is 1. The summed E-state index contributed by atoms with van der Waals surface area (Å²) in [6, 6.07) is 9.32. The highest BCUT2D eigenvalue weighted by Crippen LogP contribution is 2.12. The Labute approximate surface area is 113 Å². The molecule has 5 nitrogen and oxygen atoms in total. The molecule has 1 fully saturated rings. The Hall–Kier alpha value is -1.59. The first-order chi connectivity index (χ1) is 9.19. The predicted molar refractivity (Wildman–Crippen MR) is 71.9 cm³/mol. The molecule has 0 aliphatic carbocycles. The molecule has 2 atom stereocenters. The molecule has 5 heteroatoms. The standard InChI is InChI=1S/C14H20N2O3/c1-11-8-16(9-13(7-15)19-11)14(17)10-18-12-5-3-2-4-6-12/h2-6,11,13H,7-10,15H2,1H3. The highest BCUT2D eigenvalue weighted by Gasteiger charge is 2.27. The van der Waals surface area contributed by atoms with Crippen LogP contribution in [-0.2, 0) is 9.53 Å². The third kappa shape index (κ3) is 3.94. The lowest BCUT2D eigenvalue weighted by Gasteiger charge is -2.36. The maximum atomic E-state index is 12.1. The maximum absolute atomic E-state index is 12.1. The zero-order valence-electron chi connectivity index (χ0n) is 11.1. The number of rotatable bonds is 4. The Morgan fingerprint density at radius 3 is 2.84 bits per heavy atom. The molecule has 19 heavy (non-hydrogen) atoms. The number of carbonyl (C=O) groups is 1. The van der Waals surface area contributed by atoms with Crippen molar-refractivity contribution in [1.82, 2.24) is 4.90 Å². The maximum Gasteiger partial charge on any atom is 0.260 e. The molecule has 1 amide bonds. The molecule has 2 rings (SSSR count). The van der Waals surface area contributed by atoms with Gasteiger partial charge in [0.15, 0.2) is 6.61 Å². The fourth-order valence-corrected chi connectivity index (χ4v) is 2.13. The van der Waals surface area contributed by atoms with Crippen LogP contribution in [0.15, 0.2) is 30.3 Å². The summed E-state index contributed by atoms with van der Waals surface area (Å²) in [5.74, 6) is 0.671. The quantitative estimate of drug-likeness (QED) is 0.866. The Morgan fingerprint density at radius 2 is 2.16 bits per heavy atom. The Morgan fingerprint density at radius 1 is 1.42 bits per heavy atom. The predicted octanol–water partition coefficient (Wildman–Crippen LogP) is 0.640. The second-order valence-electron chi connectivity index (χ2n) is 4.70. The van der Waals surface area contributed by atoms with Crippen molar-refractivity contribution in [2.24, 2.45) is 5.73 Å². The molecular weight excluding hydrogens is 244 g/mol. The summed E-state index contributed by atoms with van der Waals surface area (Å²) in [6.45, 7) is 3.55. The number of ether oxygens (including phenoxy) is 2. The van der Waals surface area contributed by atoms with Crippen LogP contribution in [0.25, 0.3) is 0 Å². The van der Waals surface area contributed by atoms with E-state index in [1.165, 1.54) is 0 Å². The first kappa shape index (κ1) is 13.8. The Balaban J connectivity index is 1.85. The van der Waals surface area contributed by atoms with E-state index in [1.807, 2.05) is 37.3 Å². The molecule has 0 bridgehead atoms. The van der Waals surface area contributed by atoms with Gasteiger partial charge in [-0.3, -0.25) is 4.79 Å². The molecule has 1 aliphatic rings. The van der Waals surface area contributed by atoms with Crippen LogP contribution in [0.2, 0.25) is 0 Å². The van der Waals surface area contributed by atoms with E-state index < -0.39 is 0 Å². The Bertz CT molecular complexity index is 410. The third-order valence-electron chi connectivity index (χ3n) is 3.05.